The standard InChI is InChI=1S/C18H16F3N3O/c19-18(20,21)14-4-1-3-12(7-14)13-8-17-16(22-9-13)10-23-24(17)11-15-5-2-6-25-15/h1,3-4,7-10,15H,2,5-6,11H2. The van der Waals surface area contributed by atoms with Gasteiger partial charge >= 0.3 is 6.18 Å². The Bertz CT molecular complexity index is 898. The summed E-state index contributed by atoms with van der Waals surface area (Å²) in [4.78, 5) is 4.34. The quantitative estimate of drug-likeness (QED) is 0.709. The van der Waals surface area contributed by atoms with Crippen LogP contribution < -0.4 is 0 Å². The van der Waals surface area contributed by atoms with Crippen molar-refractivity contribution in [1.29, 1.82) is 0 Å². The van der Waals surface area contributed by atoms with Gasteiger partial charge in [-0.1, -0.05) is 12.1 Å². The second-order valence-electron chi connectivity index (χ2n) is 6.17. The maximum Gasteiger partial charge on any atom is 0.416 e. The van der Waals surface area contributed by atoms with Crippen LogP contribution in [0.25, 0.3) is 22.2 Å². The number of aromatic nitrogens is 3. The monoisotopic (exact) mass is 347 g/mol. The van der Waals surface area contributed by atoms with E-state index in [0.29, 0.717) is 23.2 Å². The van der Waals surface area contributed by atoms with Gasteiger partial charge in [0.05, 0.1) is 29.9 Å². The molecule has 3 heterocycles. The number of alkyl halides is 3. The van der Waals surface area contributed by atoms with E-state index in [-0.39, 0.29) is 6.10 Å². The van der Waals surface area contributed by atoms with E-state index in [1.54, 1.807) is 18.5 Å². The first-order chi connectivity index (χ1) is 12.0. The van der Waals surface area contributed by atoms with Gasteiger partial charge in [0.15, 0.2) is 0 Å². The predicted molar refractivity (Wildman–Crippen MR) is 86.9 cm³/mol. The summed E-state index contributed by atoms with van der Waals surface area (Å²) in [5.74, 6) is 0. The van der Waals surface area contributed by atoms with Crippen LogP contribution in [0.15, 0.2) is 42.7 Å². The van der Waals surface area contributed by atoms with E-state index in [1.165, 1.54) is 6.07 Å². The van der Waals surface area contributed by atoms with Crippen molar-refractivity contribution in [2.24, 2.45) is 0 Å². The summed E-state index contributed by atoms with van der Waals surface area (Å²) >= 11 is 0. The van der Waals surface area contributed by atoms with Crippen LogP contribution in [0, 0.1) is 0 Å². The predicted octanol–water partition coefficient (Wildman–Crippen LogP) is 4.30. The van der Waals surface area contributed by atoms with E-state index in [1.807, 2.05) is 10.7 Å². The number of hydrogen-bond donors (Lipinski definition) is 0. The molecule has 1 aliphatic heterocycles. The molecule has 0 spiro atoms. The van der Waals surface area contributed by atoms with E-state index in [0.717, 1.165) is 37.1 Å². The fourth-order valence-corrected chi connectivity index (χ4v) is 3.12. The first-order valence-electron chi connectivity index (χ1n) is 8.11. The van der Waals surface area contributed by atoms with E-state index in [4.69, 9.17) is 4.74 Å². The molecule has 0 saturated carbocycles. The summed E-state index contributed by atoms with van der Waals surface area (Å²) in [5, 5.41) is 4.34. The highest BCUT2D eigenvalue weighted by molar-refractivity contribution is 5.80. The zero-order valence-corrected chi connectivity index (χ0v) is 13.3. The fourth-order valence-electron chi connectivity index (χ4n) is 3.12. The Labute approximate surface area is 142 Å². The van der Waals surface area contributed by atoms with Gasteiger partial charge in [-0.05, 0) is 36.6 Å². The highest BCUT2D eigenvalue weighted by Gasteiger charge is 2.30. The Kier molecular flexibility index (Phi) is 3.95. The number of benzene rings is 1. The number of halogens is 3. The van der Waals surface area contributed by atoms with Crippen LogP contribution in [-0.4, -0.2) is 27.5 Å². The molecule has 3 aromatic rings. The third-order valence-corrected chi connectivity index (χ3v) is 4.42. The molecule has 4 rings (SSSR count). The number of pyridine rings is 1. The minimum atomic E-state index is -4.37. The third kappa shape index (κ3) is 3.24. The smallest absolute Gasteiger partial charge is 0.376 e. The molecule has 7 heteroatoms. The van der Waals surface area contributed by atoms with Gasteiger partial charge in [-0.15, -0.1) is 0 Å². The van der Waals surface area contributed by atoms with E-state index in [9.17, 15) is 13.2 Å². The van der Waals surface area contributed by atoms with Crippen molar-refractivity contribution in [3.8, 4) is 11.1 Å². The minimum Gasteiger partial charge on any atom is -0.376 e. The van der Waals surface area contributed by atoms with Crippen molar-refractivity contribution >= 4 is 11.0 Å². The summed E-state index contributed by atoms with van der Waals surface area (Å²) in [6.45, 7) is 1.38. The van der Waals surface area contributed by atoms with Crippen LogP contribution in [0.5, 0.6) is 0 Å². The zero-order chi connectivity index (χ0) is 17.4. The number of hydrogen-bond acceptors (Lipinski definition) is 3. The van der Waals surface area contributed by atoms with Crippen LogP contribution in [0.4, 0.5) is 13.2 Å². The maximum absolute atomic E-state index is 12.9. The molecule has 1 aliphatic rings. The lowest BCUT2D eigenvalue weighted by atomic mass is 10.0. The largest absolute Gasteiger partial charge is 0.416 e. The Morgan fingerprint density at radius 2 is 2.04 bits per heavy atom. The van der Waals surface area contributed by atoms with Crippen molar-refractivity contribution in [3.63, 3.8) is 0 Å². The molecule has 1 fully saturated rings. The second kappa shape index (κ2) is 6.15. The Balaban J connectivity index is 1.71. The van der Waals surface area contributed by atoms with Gasteiger partial charge < -0.3 is 4.74 Å². The van der Waals surface area contributed by atoms with Crippen molar-refractivity contribution in [3.05, 3.63) is 48.3 Å². The molecule has 4 nitrogen and oxygen atoms in total. The molecule has 1 unspecified atom stereocenters. The van der Waals surface area contributed by atoms with Crippen LogP contribution in [-0.2, 0) is 17.5 Å². The van der Waals surface area contributed by atoms with Crippen LogP contribution >= 0.6 is 0 Å². The van der Waals surface area contributed by atoms with Gasteiger partial charge in [-0.3, -0.25) is 9.67 Å². The highest BCUT2D eigenvalue weighted by atomic mass is 19.4. The fraction of sp³-hybridized carbons (Fsp3) is 0.333. The molecule has 0 bridgehead atoms. The third-order valence-electron chi connectivity index (χ3n) is 4.42. The average molecular weight is 347 g/mol. The van der Waals surface area contributed by atoms with Crippen LogP contribution in [0.2, 0.25) is 0 Å². The molecule has 130 valence electrons. The molecule has 1 atom stereocenters. The molecule has 2 aromatic heterocycles. The van der Waals surface area contributed by atoms with E-state index >= 15 is 0 Å². The summed E-state index contributed by atoms with van der Waals surface area (Å²) in [5.41, 5.74) is 1.96. The molecular weight excluding hydrogens is 331 g/mol. The highest BCUT2D eigenvalue weighted by Crippen LogP contribution is 2.32. The lowest BCUT2D eigenvalue weighted by molar-refractivity contribution is -0.137. The molecule has 25 heavy (non-hydrogen) atoms. The summed E-state index contributed by atoms with van der Waals surface area (Å²) in [6, 6.07) is 7.10. The summed E-state index contributed by atoms with van der Waals surface area (Å²) in [6.07, 6.45) is 1.03. The van der Waals surface area contributed by atoms with Crippen molar-refractivity contribution in [1.82, 2.24) is 14.8 Å². The average Bonchev–Trinajstić information content (AvgIpc) is 3.24. The van der Waals surface area contributed by atoms with Gasteiger partial charge in [-0.2, -0.15) is 18.3 Å². The zero-order valence-electron chi connectivity index (χ0n) is 13.3. The molecule has 0 amide bonds. The van der Waals surface area contributed by atoms with Crippen LogP contribution in [0.3, 0.4) is 0 Å². The Hall–Kier alpha value is -2.41. The number of nitrogens with zero attached hydrogens (tertiary/aromatic N) is 3. The normalized spacial score (nSPS) is 18.1. The molecule has 1 saturated heterocycles. The minimum absolute atomic E-state index is 0.125. The van der Waals surface area contributed by atoms with Gasteiger partial charge in [-0.25, -0.2) is 0 Å². The lowest BCUT2D eigenvalue weighted by Gasteiger charge is -2.11. The second-order valence-corrected chi connectivity index (χ2v) is 6.17. The van der Waals surface area contributed by atoms with Gasteiger partial charge in [0.2, 0.25) is 0 Å². The van der Waals surface area contributed by atoms with Crippen molar-refractivity contribution < 1.29 is 17.9 Å². The van der Waals surface area contributed by atoms with Gasteiger partial charge in [0, 0.05) is 18.4 Å². The first-order valence-corrected chi connectivity index (χ1v) is 8.11. The molecule has 0 N–H and O–H groups in total. The maximum atomic E-state index is 12.9. The first kappa shape index (κ1) is 16.1. The lowest BCUT2D eigenvalue weighted by Crippen LogP contribution is -2.15. The molecular formula is C18H16F3N3O. The van der Waals surface area contributed by atoms with Gasteiger partial charge in [0.25, 0.3) is 0 Å². The van der Waals surface area contributed by atoms with Gasteiger partial charge in [0.1, 0.15) is 5.52 Å². The van der Waals surface area contributed by atoms with E-state index < -0.39 is 11.7 Å². The molecule has 1 aromatic carbocycles. The Morgan fingerprint density at radius 1 is 1.16 bits per heavy atom. The number of rotatable bonds is 3. The number of ether oxygens (including phenoxy) is 1. The summed E-state index contributed by atoms with van der Waals surface area (Å²) in [7, 11) is 0. The van der Waals surface area contributed by atoms with Crippen molar-refractivity contribution in [2.45, 2.75) is 31.7 Å². The molecule has 0 aliphatic carbocycles. The topological polar surface area (TPSA) is 39.9 Å². The van der Waals surface area contributed by atoms with E-state index in [2.05, 4.69) is 10.1 Å². The molecule has 0 radical (unpaired) electrons. The van der Waals surface area contributed by atoms with Crippen LogP contribution in [0.1, 0.15) is 18.4 Å². The summed E-state index contributed by atoms with van der Waals surface area (Å²) < 4.78 is 46.3. The Morgan fingerprint density at radius 3 is 2.80 bits per heavy atom. The van der Waals surface area contributed by atoms with Crippen molar-refractivity contribution in [2.75, 3.05) is 6.61 Å². The number of fused-ring (bicyclic) bond motifs is 1. The SMILES string of the molecule is FC(F)(F)c1cccc(-c2cnc3cnn(CC4CCCO4)c3c2)c1.